The Bertz CT molecular complexity index is 472. The van der Waals surface area contributed by atoms with Gasteiger partial charge in [-0.15, -0.1) is 0 Å². The lowest BCUT2D eigenvalue weighted by Gasteiger charge is -2.08. The summed E-state index contributed by atoms with van der Waals surface area (Å²) in [5.74, 6) is -1.26. The van der Waals surface area contributed by atoms with Gasteiger partial charge in [0.2, 0.25) is 11.7 Å². The van der Waals surface area contributed by atoms with E-state index in [2.05, 4.69) is 5.32 Å². The highest BCUT2D eigenvalue weighted by atomic mass is 19.3. The second kappa shape index (κ2) is 4.61. The zero-order valence-electron chi connectivity index (χ0n) is 9.00. The van der Waals surface area contributed by atoms with Gasteiger partial charge in [-0.1, -0.05) is 0 Å². The van der Waals surface area contributed by atoms with Crippen molar-refractivity contribution in [2.75, 3.05) is 5.32 Å². The van der Waals surface area contributed by atoms with Crippen LogP contribution in [0, 0.1) is 0 Å². The van der Waals surface area contributed by atoms with E-state index in [4.69, 9.17) is 0 Å². The number of Topliss-reactive ketones (excluding diaryl/α,β-unsaturated/α-hetero) is 1. The van der Waals surface area contributed by atoms with Crippen LogP contribution in [-0.4, -0.2) is 18.1 Å². The smallest absolute Gasteiger partial charge is 0.300 e. The maximum atomic E-state index is 12.3. The van der Waals surface area contributed by atoms with Crippen LogP contribution in [-0.2, 0) is 11.2 Å². The summed E-state index contributed by atoms with van der Waals surface area (Å²) >= 11 is 0. The number of nitrogens with one attached hydrogen (secondary N) is 1. The van der Waals surface area contributed by atoms with E-state index in [0.29, 0.717) is 24.9 Å². The first-order chi connectivity index (χ1) is 8.08. The Morgan fingerprint density at radius 2 is 2.06 bits per heavy atom. The summed E-state index contributed by atoms with van der Waals surface area (Å²) in [5, 5.41) is 2.68. The molecule has 0 bridgehead atoms. The van der Waals surface area contributed by atoms with Crippen molar-refractivity contribution in [3.8, 4) is 0 Å². The van der Waals surface area contributed by atoms with Gasteiger partial charge in [-0.2, -0.15) is 0 Å². The lowest BCUT2D eigenvalue weighted by atomic mass is 10.0. The Morgan fingerprint density at radius 3 is 2.76 bits per heavy atom. The van der Waals surface area contributed by atoms with Crippen molar-refractivity contribution >= 4 is 17.4 Å². The van der Waals surface area contributed by atoms with Gasteiger partial charge in [0.25, 0.3) is 0 Å². The maximum Gasteiger partial charge on any atom is 0.300 e. The second-order valence-electron chi connectivity index (χ2n) is 3.94. The van der Waals surface area contributed by atoms with Gasteiger partial charge in [0, 0.05) is 17.7 Å². The van der Waals surface area contributed by atoms with Crippen molar-refractivity contribution in [2.24, 2.45) is 0 Å². The van der Waals surface area contributed by atoms with E-state index in [1.165, 1.54) is 18.2 Å². The Balaban J connectivity index is 2.34. The van der Waals surface area contributed by atoms with Crippen LogP contribution in [0.25, 0.3) is 0 Å². The van der Waals surface area contributed by atoms with Gasteiger partial charge in [-0.25, -0.2) is 8.78 Å². The normalized spacial score (nSPS) is 15.1. The van der Waals surface area contributed by atoms with E-state index < -0.39 is 12.2 Å². The Labute approximate surface area is 96.8 Å². The zero-order valence-corrected chi connectivity index (χ0v) is 9.00. The summed E-state index contributed by atoms with van der Waals surface area (Å²) in [6.45, 7) is 0. The number of benzene rings is 1. The molecule has 1 aliphatic rings. The zero-order chi connectivity index (χ0) is 12.4. The van der Waals surface area contributed by atoms with E-state index in [-0.39, 0.29) is 11.5 Å². The molecule has 0 radical (unpaired) electrons. The van der Waals surface area contributed by atoms with Crippen LogP contribution in [0.2, 0.25) is 0 Å². The molecule has 3 nitrogen and oxygen atoms in total. The largest absolute Gasteiger partial charge is 0.326 e. The van der Waals surface area contributed by atoms with Crippen LogP contribution in [0.1, 0.15) is 28.8 Å². The number of fused-ring (bicyclic) bond motifs is 1. The number of hydrogen-bond acceptors (Lipinski definition) is 2. The number of ketones is 1. The number of halogens is 2. The minimum Gasteiger partial charge on any atom is -0.326 e. The number of hydrogen-bond donors (Lipinski definition) is 1. The maximum absolute atomic E-state index is 12.3. The molecule has 0 fully saturated rings. The molecule has 5 heteroatoms. The number of amides is 1. The molecule has 90 valence electrons. The average molecular weight is 239 g/mol. The Kier molecular flexibility index (Phi) is 3.17. The quantitative estimate of drug-likeness (QED) is 0.805. The monoisotopic (exact) mass is 239 g/mol. The third-order valence-corrected chi connectivity index (χ3v) is 2.71. The molecule has 0 atom stereocenters. The fourth-order valence-corrected chi connectivity index (χ4v) is 1.85. The molecule has 1 aromatic rings. The van der Waals surface area contributed by atoms with E-state index in [1.807, 2.05) is 0 Å². The van der Waals surface area contributed by atoms with E-state index in [1.54, 1.807) is 0 Å². The molecule has 0 saturated heterocycles. The Hall–Kier alpha value is -1.78. The minimum absolute atomic E-state index is 0.00472. The lowest BCUT2D eigenvalue weighted by Crippen LogP contribution is -2.12. The molecule has 1 aliphatic heterocycles. The van der Waals surface area contributed by atoms with E-state index >= 15 is 0 Å². The molecule has 0 unspecified atom stereocenters. The van der Waals surface area contributed by atoms with Crippen LogP contribution in [0.5, 0.6) is 0 Å². The van der Waals surface area contributed by atoms with Gasteiger partial charge in [0.1, 0.15) is 0 Å². The number of aryl methyl sites for hydroxylation is 1. The number of alkyl halides is 2. The third-order valence-electron chi connectivity index (χ3n) is 2.71. The fraction of sp³-hybridized carbons (Fsp3) is 0.333. The van der Waals surface area contributed by atoms with Gasteiger partial charge < -0.3 is 5.32 Å². The van der Waals surface area contributed by atoms with Crippen molar-refractivity contribution in [3.63, 3.8) is 0 Å². The minimum atomic E-state index is -2.99. The van der Waals surface area contributed by atoms with Gasteiger partial charge >= 0.3 is 6.43 Å². The Morgan fingerprint density at radius 1 is 1.29 bits per heavy atom. The fourth-order valence-electron chi connectivity index (χ4n) is 1.85. The highest BCUT2D eigenvalue weighted by Gasteiger charge is 2.20. The van der Waals surface area contributed by atoms with Crippen LogP contribution in [0.3, 0.4) is 0 Å². The second-order valence-corrected chi connectivity index (χ2v) is 3.94. The molecular formula is C12H11F2NO2. The summed E-state index contributed by atoms with van der Waals surface area (Å²) < 4.78 is 24.5. The van der Waals surface area contributed by atoms with Crippen LogP contribution in [0.4, 0.5) is 14.5 Å². The number of rotatable bonds is 2. The van der Waals surface area contributed by atoms with E-state index in [0.717, 1.165) is 5.56 Å². The summed E-state index contributed by atoms with van der Waals surface area (Å²) in [5.41, 5.74) is 1.34. The summed E-state index contributed by atoms with van der Waals surface area (Å²) in [6.07, 6.45) is -1.32. The third kappa shape index (κ3) is 2.49. The van der Waals surface area contributed by atoms with Crippen molar-refractivity contribution in [1.29, 1.82) is 0 Å². The molecule has 1 heterocycles. The lowest BCUT2D eigenvalue weighted by molar-refractivity contribution is -0.116. The molecule has 0 saturated carbocycles. The summed E-state index contributed by atoms with van der Waals surface area (Å²) in [7, 11) is 0. The summed E-state index contributed by atoms with van der Waals surface area (Å²) in [4.78, 5) is 22.4. The first kappa shape index (κ1) is 11.7. The first-order valence-corrected chi connectivity index (χ1v) is 5.33. The summed E-state index contributed by atoms with van der Waals surface area (Å²) in [6, 6.07) is 4.27. The van der Waals surface area contributed by atoms with Crippen molar-refractivity contribution in [2.45, 2.75) is 25.7 Å². The molecular weight excluding hydrogens is 228 g/mol. The van der Waals surface area contributed by atoms with Crippen LogP contribution < -0.4 is 5.32 Å². The molecule has 0 spiro atoms. The first-order valence-electron chi connectivity index (χ1n) is 5.33. The number of carbonyl (C=O) groups excluding carboxylic acids is 2. The predicted molar refractivity (Wildman–Crippen MR) is 58.3 cm³/mol. The van der Waals surface area contributed by atoms with E-state index in [9.17, 15) is 18.4 Å². The molecule has 17 heavy (non-hydrogen) atoms. The highest BCUT2D eigenvalue weighted by molar-refractivity contribution is 6.00. The van der Waals surface area contributed by atoms with Crippen LogP contribution in [0.15, 0.2) is 18.2 Å². The highest BCUT2D eigenvalue weighted by Crippen LogP contribution is 2.24. The molecule has 1 amide bonds. The van der Waals surface area contributed by atoms with Gasteiger partial charge in [0.05, 0.1) is 0 Å². The molecule has 0 aromatic heterocycles. The number of carbonyl (C=O) groups is 2. The topological polar surface area (TPSA) is 46.2 Å². The molecule has 2 rings (SSSR count). The van der Waals surface area contributed by atoms with Crippen molar-refractivity contribution < 1.29 is 18.4 Å². The van der Waals surface area contributed by atoms with Crippen molar-refractivity contribution in [1.82, 2.24) is 0 Å². The SMILES string of the molecule is O=C1CCCc2cc(C(=O)C(F)F)ccc2N1. The molecule has 1 aromatic carbocycles. The predicted octanol–water partition coefficient (Wildman–Crippen LogP) is 2.41. The van der Waals surface area contributed by atoms with Crippen LogP contribution >= 0.6 is 0 Å². The molecule has 1 N–H and O–H groups in total. The number of anilines is 1. The average Bonchev–Trinajstić information content (AvgIpc) is 2.47. The van der Waals surface area contributed by atoms with Gasteiger partial charge in [-0.3, -0.25) is 9.59 Å². The van der Waals surface area contributed by atoms with Gasteiger partial charge in [-0.05, 0) is 36.6 Å². The standard InChI is InChI=1S/C12H11F2NO2/c13-12(14)11(17)8-4-5-9-7(6-8)2-1-3-10(16)15-9/h4-6,12H,1-3H2,(H,15,16). The van der Waals surface area contributed by atoms with Gasteiger partial charge in [0.15, 0.2) is 0 Å². The molecule has 0 aliphatic carbocycles. The van der Waals surface area contributed by atoms with Crippen molar-refractivity contribution in [3.05, 3.63) is 29.3 Å².